The molecule has 1 aliphatic carbocycles. The highest BCUT2D eigenvalue weighted by atomic mass is 35.5. The number of rotatable bonds is 6. The number of halogens is 2. The van der Waals surface area contributed by atoms with E-state index in [1.54, 1.807) is 0 Å². The second-order valence-electron chi connectivity index (χ2n) is 7.65. The number of piperazine rings is 1. The third-order valence-corrected chi connectivity index (χ3v) is 7.90. The van der Waals surface area contributed by atoms with E-state index >= 15 is 0 Å². The Morgan fingerprint density at radius 1 is 1.00 bits per heavy atom. The molecule has 1 saturated carbocycles. The van der Waals surface area contributed by atoms with Crippen LogP contribution < -0.4 is 4.90 Å². The normalized spacial score (nSPS) is 20.4. The summed E-state index contributed by atoms with van der Waals surface area (Å²) in [5.74, 6) is 0. The van der Waals surface area contributed by atoms with Crippen molar-refractivity contribution in [2.75, 3.05) is 24.5 Å². The van der Waals surface area contributed by atoms with Crippen LogP contribution in [0.1, 0.15) is 57.2 Å². The van der Waals surface area contributed by atoms with Crippen molar-refractivity contribution in [2.45, 2.75) is 57.7 Å². The minimum absolute atomic E-state index is 0.144. The number of aryl methyl sites for hydroxylation is 1. The van der Waals surface area contributed by atoms with Gasteiger partial charge in [-0.15, -0.1) is 0 Å². The monoisotopic (exact) mass is 466 g/mol. The van der Waals surface area contributed by atoms with Crippen molar-refractivity contribution in [3.05, 3.63) is 63.6 Å². The van der Waals surface area contributed by atoms with Crippen molar-refractivity contribution in [3.8, 4) is 0 Å². The molecule has 1 aliphatic heterocycles. The van der Waals surface area contributed by atoms with Crippen LogP contribution in [0.4, 0.5) is 5.69 Å². The first kappa shape index (κ1) is 23.6. The topological polar surface area (TPSA) is 23.6 Å². The summed E-state index contributed by atoms with van der Waals surface area (Å²) in [6.07, 6.45) is 4.26. The quantitative estimate of drug-likeness (QED) is 0.474. The fourth-order valence-corrected chi connectivity index (χ4v) is 5.80. The SMILES string of the molecule is CC.CCCc1cc(Cl)ccc1N1CCN(S(=O)C2CC2)CC1c1ccc(Cl)cc1. The number of anilines is 1. The number of benzene rings is 2. The average Bonchev–Trinajstić information content (AvgIpc) is 3.61. The Labute approximate surface area is 193 Å². The van der Waals surface area contributed by atoms with Gasteiger partial charge in [0.25, 0.3) is 0 Å². The maximum absolute atomic E-state index is 12.8. The van der Waals surface area contributed by atoms with Gasteiger partial charge in [0.2, 0.25) is 0 Å². The molecule has 164 valence electrons. The van der Waals surface area contributed by atoms with Crippen LogP contribution in [0.3, 0.4) is 0 Å². The van der Waals surface area contributed by atoms with E-state index in [1.807, 2.05) is 32.0 Å². The van der Waals surface area contributed by atoms with Gasteiger partial charge in [0.1, 0.15) is 0 Å². The Bertz CT molecular complexity index is 855. The van der Waals surface area contributed by atoms with Crippen LogP contribution in [0.25, 0.3) is 0 Å². The molecule has 2 aromatic rings. The smallest absolute Gasteiger partial charge is 0.0975 e. The molecule has 2 aromatic carbocycles. The zero-order chi connectivity index (χ0) is 21.7. The molecular formula is C24H32Cl2N2OS. The van der Waals surface area contributed by atoms with Crippen LogP contribution in [0, 0.1) is 0 Å². The van der Waals surface area contributed by atoms with Crippen LogP contribution in [0.2, 0.25) is 10.0 Å². The summed E-state index contributed by atoms with van der Waals surface area (Å²) in [6, 6.07) is 14.4. The molecular weight excluding hydrogens is 435 g/mol. The molecule has 0 amide bonds. The number of hydrogen-bond acceptors (Lipinski definition) is 2. The molecule has 30 heavy (non-hydrogen) atoms. The third kappa shape index (κ3) is 5.59. The predicted octanol–water partition coefficient (Wildman–Crippen LogP) is 6.66. The van der Waals surface area contributed by atoms with Gasteiger partial charge in [-0.05, 0) is 60.7 Å². The Hall–Kier alpha value is -1.07. The molecule has 4 rings (SSSR count). The fourth-order valence-electron chi connectivity index (χ4n) is 3.96. The fraction of sp³-hybridized carbons (Fsp3) is 0.500. The van der Waals surface area contributed by atoms with Gasteiger partial charge < -0.3 is 4.90 Å². The first-order chi connectivity index (χ1) is 14.6. The van der Waals surface area contributed by atoms with Crippen LogP contribution >= 0.6 is 23.2 Å². The van der Waals surface area contributed by atoms with E-state index in [1.165, 1.54) is 16.8 Å². The zero-order valence-electron chi connectivity index (χ0n) is 18.1. The molecule has 3 nitrogen and oxygen atoms in total. The van der Waals surface area contributed by atoms with Gasteiger partial charge in [-0.2, -0.15) is 0 Å². The highest BCUT2D eigenvalue weighted by Gasteiger charge is 2.37. The summed E-state index contributed by atoms with van der Waals surface area (Å²) < 4.78 is 15.0. The second kappa shape index (κ2) is 11.0. The lowest BCUT2D eigenvalue weighted by atomic mass is 9.99. The van der Waals surface area contributed by atoms with Crippen LogP contribution in [-0.4, -0.2) is 33.4 Å². The molecule has 2 atom stereocenters. The van der Waals surface area contributed by atoms with Crippen LogP contribution in [-0.2, 0) is 17.4 Å². The lowest BCUT2D eigenvalue weighted by Gasteiger charge is -2.43. The first-order valence-electron chi connectivity index (χ1n) is 11.0. The van der Waals surface area contributed by atoms with Gasteiger partial charge in [-0.25, -0.2) is 8.51 Å². The zero-order valence-corrected chi connectivity index (χ0v) is 20.4. The first-order valence-corrected chi connectivity index (χ1v) is 13.0. The Morgan fingerprint density at radius 2 is 1.67 bits per heavy atom. The molecule has 0 aromatic heterocycles. The second-order valence-corrected chi connectivity index (χ2v) is 10.3. The van der Waals surface area contributed by atoms with E-state index in [0.29, 0.717) is 5.25 Å². The van der Waals surface area contributed by atoms with Crippen LogP contribution in [0.15, 0.2) is 42.5 Å². The van der Waals surface area contributed by atoms with E-state index in [0.717, 1.165) is 55.4 Å². The maximum Gasteiger partial charge on any atom is 0.0975 e. The Morgan fingerprint density at radius 3 is 2.30 bits per heavy atom. The Balaban J connectivity index is 0.00000124. The highest BCUT2D eigenvalue weighted by molar-refractivity contribution is 7.83. The summed E-state index contributed by atoms with van der Waals surface area (Å²) in [4.78, 5) is 2.46. The van der Waals surface area contributed by atoms with Crippen molar-refractivity contribution >= 4 is 39.9 Å². The standard InChI is InChI=1S/C22H26Cl2N2OS.C2H6/c1-2-3-17-14-19(24)8-11-21(17)26-13-12-25(28(27)20-9-10-20)15-22(26)16-4-6-18(23)7-5-16;1-2/h4-8,11,14,20,22H,2-3,9-10,12-13,15H2,1H3;1-2H3. The van der Waals surface area contributed by atoms with E-state index in [2.05, 4.69) is 40.4 Å². The molecule has 2 aliphatic rings. The van der Waals surface area contributed by atoms with E-state index < -0.39 is 11.0 Å². The van der Waals surface area contributed by atoms with Gasteiger partial charge in [-0.1, -0.05) is 62.5 Å². The van der Waals surface area contributed by atoms with E-state index in [4.69, 9.17) is 23.2 Å². The molecule has 1 heterocycles. The summed E-state index contributed by atoms with van der Waals surface area (Å²) >= 11 is 12.4. The summed E-state index contributed by atoms with van der Waals surface area (Å²) in [5.41, 5.74) is 3.73. The average molecular weight is 468 g/mol. The van der Waals surface area contributed by atoms with Gasteiger partial charge in [-0.3, -0.25) is 0 Å². The summed E-state index contributed by atoms with van der Waals surface area (Å²) in [6.45, 7) is 8.63. The highest BCUT2D eigenvalue weighted by Crippen LogP contribution is 2.37. The van der Waals surface area contributed by atoms with E-state index in [9.17, 15) is 4.21 Å². The van der Waals surface area contributed by atoms with E-state index in [-0.39, 0.29) is 6.04 Å². The van der Waals surface area contributed by atoms with Crippen molar-refractivity contribution < 1.29 is 4.21 Å². The molecule has 0 N–H and O–H groups in total. The number of nitrogens with zero attached hydrogens (tertiary/aromatic N) is 2. The third-order valence-electron chi connectivity index (χ3n) is 5.53. The lowest BCUT2D eigenvalue weighted by molar-refractivity contribution is 0.351. The number of hydrogen-bond donors (Lipinski definition) is 0. The molecule has 0 spiro atoms. The van der Waals surface area contributed by atoms with Crippen molar-refractivity contribution in [2.24, 2.45) is 0 Å². The summed E-state index contributed by atoms with van der Waals surface area (Å²) in [7, 11) is -0.870. The van der Waals surface area contributed by atoms with Gasteiger partial charge in [0, 0.05) is 40.6 Å². The minimum atomic E-state index is -0.870. The molecule has 2 fully saturated rings. The lowest BCUT2D eigenvalue weighted by Crippen LogP contribution is -2.49. The Kier molecular flexibility index (Phi) is 8.64. The van der Waals surface area contributed by atoms with Crippen molar-refractivity contribution in [1.29, 1.82) is 0 Å². The molecule has 1 saturated heterocycles. The molecule has 2 unspecified atom stereocenters. The minimum Gasteiger partial charge on any atom is -0.362 e. The molecule has 0 bridgehead atoms. The molecule has 0 radical (unpaired) electrons. The van der Waals surface area contributed by atoms with Crippen LogP contribution in [0.5, 0.6) is 0 Å². The van der Waals surface area contributed by atoms with Gasteiger partial charge in [0.05, 0.1) is 17.0 Å². The summed E-state index contributed by atoms with van der Waals surface area (Å²) in [5, 5.41) is 1.88. The largest absolute Gasteiger partial charge is 0.362 e. The predicted molar refractivity (Wildman–Crippen MR) is 131 cm³/mol. The van der Waals surface area contributed by atoms with Crippen molar-refractivity contribution in [3.63, 3.8) is 0 Å². The van der Waals surface area contributed by atoms with Crippen molar-refractivity contribution in [1.82, 2.24) is 4.31 Å². The van der Waals surface area contributed by atoms with Gasteiger partial charge >= 0.3 is 0 Å². The maximum atomic E-state index is 12.8. The van der Waals surface area contributed by atoms with Gasteiger partial charge in [0.15, 0.2) is 0 Å². The molecule has 6 heteroatoms.